The third kappa shape index (κ3) is 3.29. The van der Waals surface area contributed by atoms with E-state index < -0.39 is 16.6 Å². The third-order valence-corrected chi connectivity index (χ3v) is 4.15. The Labute approximate surface area is 97.6 Å². The van der Waals surface area contributed by atoms with Crippen molar-refractivity contribution in [2.45, 2.75) is 24.7 Å². The highest BCUT2D eigenvalue weighted by Gasteiger charge is 2.35. The van der Waals surface area contributed by atoms with E-state index in [1.807, 2.05) is 0 Å². The first-order valence-corrected chi connectivity index (χ1v) is 6.58. The van der Waals surface area contributed by atoms with Gasteiger partial charge in [-0.15, -0.1) is 0 Å². The number of benzene rings is 1. The van der Waals surface area contributed by atoms with E-state index in [1.54, 1.807) is 0 Å². The Kier molecular flexibility index (Phi) is 3.19. The summed E-state index contributed by atoms with van der Waals surface area (Å²) >= 11 is 0. The van der Waals surface area contributed by atoms with E-state index in [0.717, 1.165) is 0 Å². The molecular formula is C10H11F2NO3S. The second-order valence-electron chi connectivity index (χ2n) is 3.75. The number of nitrogens with one attached hydrogen (secondary N) is 1. The molecule has 0 saturated heterocycles. The van der Waals surface area contributed by atoms with Crippen LogP contribution in [0.15, 0.2) is 24.3 Å². The number of halogens is 2. The second-order valence-corrected chi connectivity index (χ2v) is 5.71. The molecule has 1 N–H and O–H groups in total. The zero-order chi connectivity index (χ0) is 12.5. The Morgan fingerprint density at radius 3 is 2.65 bits per heavy atom. The fourth-order valence-corrected chi connectivity index (χ4v) is 2.74. The molecule has 1 aromatic rings. The Morgan fingerprint density at radius 2 is 2.06 bits per heavy atom. The number of sulfonamides is 1. The molecule has 0 unspecified atom stereocenters. The van der Waals surface area contributed by atoms with Crippen molar-refractivity contribution < 1.29 is 21.9 Å². The van der Waals surface area contributed by atoms with Crippen molar-refractivity contribution in [3.8, 4) is 5.75 Å². The van der Waals surface area contributed by atoms with Crippen LogP contribution in [0.5, 0.6) is 5.75 Å². The van der Waals surface area contributed by atoms with Gasteiger partial charge in [0.05, 0.1) is 10.9 Å². The van der Waals surface area contributed by atoms with E-state index in [4.69, 9.17) is 0 Å². The van der Waals surface area contributed by atoms with Crippen LogP contribution in [0.2, 0.25) is 0 Å². The number of hydrogen-bond acceptors (Lipinski definition) is 3. The van der Waals surface area contributed by atoms with Crippen LogP contribution in [0, 0.1) is 0 Å². The van der Waals surface area contributed by atoms with Gasteiger partial charge in [0, 0.05) is 6.07 Å². The molecule has 1 aromatic carbocycles. The van der Waals surface area contributed by atoms with Crippen LogP contribution in [0.1, 0.15) is 12.8 Å². The number of anilines is 1. The molecule has 0 heterocycles. The highest BCUT2D eigenvalue weighted by atomic mass is 32.2. The topological polar surface area (TPSA) is 55.4 Å². The highest BCUT2D eigenvalue weighted by Crippen LogP contribution is 2.30. The predicted octanol–water partition coefficient (Wildman–Crippen LogP) is 2.19. The number of rotatable bonds is 5. The van der Waals surface area contributed by atoms with Crippen LogP contribution >= 0.6 is 0 Å². The summed E-state index contributed by atoms with van der Waals surface area (Å²) in [7, 11) is -3.38. The zero-order valence-electron chi connectivity index (χ0n) is 8.77. The molecule has 1 fully saturated rings. The van der Waals surface area contributed by atoms with E-state index in [-0.39, 0.29) is 16.7 Å². The van der Waals surface area contributed by atoms with E-state index in [1.165, 1.54) is 24.3 Å². The maximum absolute atomic E-state index is 12.0. The Hall–Kier alpha value is -1.37. The van der Waals surface area contributed by atoms with Crippen molar-refractivity contribution in [2.75, 3.05) is 4.72 Å². The molecular weight excluding hydrogens is 252 g/mol. The fraction of sp³-hybridized carbons (Fsp3) is 0.400. The van der Waals surface area contributed by atoms with Gasteiger partial charge in [-0.3, -0.25) is 4.72 Å². The number of hydrogen-bond donors (Lipinski definition) is 1. The Bertz CT molecular complexity index is 500. The lowest BCUT2D eigenvalue weighted by atomic mass is 10.3. The van der Waals surface area contributed by atoms with Gasteiger partial charge in [-0.1, -0.05) is 6.07 Å². The van der Waals surface area contributed by atoms with Gasteiger partial charge >= 0.3 is 6.61 Å². The number of ether oxygens (including phenoxy) is 1. The van der Waals surface area contributed by atoms with Gasteiger partial charge in [0.2, 0.25) is 10.0 Å². The zero-order valence-corrected chi connectivity index (χ0v) is 9.58. The van der Waals surface area contributed by atoms with Gasteiger partial charge in [0.1, 0.15) is 5.75 Å². The maximum Gasteiger partial charge on any atom is 0.387 e. The summed E-state index contributed by atoms with van der Waals surface area (Å²) in [6.07, 6.45) is 1.28. The lowest BCUT2D eigenvalue weighted by Gasteiger charge is -2.09. The van der Waals surface area contributed by atoms with Gasteiger partial charge < -0.3 is 4.74 Å². The molecule has 0 spiro atoms. The summed E-state index contributed by atoms with van der Waals surface area (Å²) in [5.74, 6) is -0.0732. The summed E-state index contributed by atoms with van der Waals surface area (Å²) in [4.78, 5) is 0. The van der Waals surface area contributed by atoms with Crippen LogP contribution < -0.4 is 9.46 Å². The predicted molar refractivity (Wildman–Crippen MR) is 58.6 cm³/mol. The molecule has 0 amide bonds. The van der Waals surface area contributed by atoms with Gasteiger partial charge in [0.15, 0.2) is 0 Å². The van der Waals surface area contributed by atoms with Gasteiger partial charge in [-0.2, -0.15) is 8.78 Å². The molecule has 7 heteroatoms. The summed E-state index contributed by atoms with van der Waals surface area (Å²) in [5, 5.41) is -0.359. The molecule has 0 aliphatic heterocycles. The van der Waals surface area contributed by atoms with E-state index in [0.29, 0.717) is 12.8 Å². The summed E-state index contributed by atoms with van der Waals surface area (Å²) in [6, 6.07) is 5.49. The van der Waals surface area contributed by atoms with Crippen molar-refractivity contribution in [1.29, 1.82) is 0 Å². The monoisotopic (exact) mass is 263 g/mol. The van der Waals surface area contributed by atoms with Crippen LogP contribution in [0.3, 0.4) is 0 Å². The SMILES string of the molecule is O=S(=O)(Nc1cccc(OC(F)F)c1)C1CC1. The van der Waals surface area contributed by atoms with Gasteiger partial charge in [0.25, 0.3) is 0 Å². The van der Waals surface area contributed by atoms with Crippen molar-refractivity contribution >= 4 is 15.7 Å². The normalized spacial score (nSPS) is 15.9. The molecule has 0 atom stereocenters. The Morgan fingerprint density at radius 1 is 1.35 bits per heavy atom. The average molecular weight is 263 g/mol. The van der Waals surface area contributed by atoms with Crippen LogP contribution in [0.25, 0.3) is 0 Å². The second kappa shape index (κ2) is 4.48. The molecule has 1 aliphatic carbocycles. The molecule has 1 saturated carbocycles. The molecule has 0 bridgehead atoms. The van der Waals surface area contributed by atoms with E-state index in [9.17, 15) is 17.2 Å². The van der Waals surface area contributed by atoms with Crippen molar-refractivity contribution in [2.24, 2.45) is 0 Å². The van der Waals surface area contributed by atoms with Crippen molar-refractivity contribution in [3.63, 3.8) is 0 Å². The van der Waals surface area contributed by atoms with E-state index in [2.05, 4.69) is 9.46 Å². The molecule has 0 aromatic heterocycles. The first-order chi connectivity index (χ1) is 7.97. The Balaban J connectivity index is 2.10. The summed E-state index contributed by atoms with van der Waals surface area (Å²) < 4.78 is 53.6. The minimum Gasteiger partial charge on any atom is -0.435 e. The minimum absolute atomic E-state index is 0.0732. The molecule has 0 radical (unpaired) electrons. The smallest absolute Gasteiger partial charge is 0.387 e. The van der Waals surface area contributed by atoms with Crippen LogP contribution in [-0.4, -0.2) is 20.3 Å². The number of alkyl halides is 2. The van der Waals surface area contributed by atoms with Crippen molar-refractivity contribution in [1.82, 2.24) is 0 Å². The van der Waals surface area contributed by atoms with Gasteiger partial charge in [-0.25, -0.2) is 8.42 Å². The third-order valence-electron chi connectivity index (χ3n) is 2.28. The van der Waals surface area contributed by atoms with Gasteiger partial charge in [-0.05, 0) is 25.0 Å². The first kappa shape index (κ1) is 12.1. The fourth-order valence-electron chi connectivity index (χ4n) is 1.36. The summed E-state index contributed by atoms with van der Waals surface area (Å²) in [6.45, 7) is -2.93. The molecule has 17 heavy (non-hydrogen) atoms. The van der Waals surface area contributed by atoms with Crippen molar-refractivity contribution in [3.05, 3.63) is 24.3 Å². The highest BCUT2D eigenvalue weighted by molar-refractivity contribution is 7.93. The maximum atomic E-state index is 12.0. The quantitative estimate of drug-likeness (QED) is 0.886. The molecule has 2 rings (SSSR count). The minimum atomic E-state index is -3.38. The summed E-state index contributed by atoms with van der Waals surface area (Å²) in [5.41, 5.74) is 0.232. The molecule has 1 aliphatic rings. The van der Waals surface area contributed by atoms with Crippen LogP contribution in [-0.2, 0) is 10.0 Å². The first-order valence-electron chi connectivity index (χ1n) is 5.04. The average Bonchev–Trinajstić information content (AvgIpc) is 2.98. The largest absolute Gasteiger partial charge is 0.435 e. The lowest BCUT2D eigenvalue weighted by Crippen LogP contribution is -2.17. The van der Waals surface area contributed by atoms with E-state index >= 15 is 0 Å². The van der Waals surface area contributed by atoms with Crippen LogP contribution in [0.4, 0.5) is 14.5 Å². The lowest BCUT2D eigenvalue weighted by molar-refractivity contribution is -0.0497. The standard InChI is InChI=1S/C10H11F2NO3S/c11-10(12)16-8-3-1-2-7(6-8)13-17(14,15)9-4-5-9/h1-3,6,9-10,13H,4-5H2. The molecule has 4 nitrogen and oxygen atoms in total. The molecule has 94 valence electrons.